The Morgan fingerprint density at radius 3 is 2.65 bits per heavy atom. The molecule has 2 aromatic rings. The number of aromatic nitrogens is 1. The first-order valence-electron chi connectivity index (χ1n) is 7.99. The SMILES string of the molecule is Cc1ccc(S(=O)(=O)N2CCCCC2c2cccnc2)cc1C. The highest BCUT2D eigenvalue weighted by Crippen LogP contribution is 2.35. The van der Waals surface area contributed by atoms with Gasteiger partial charge in [-0.25, -0.2) is 8.42 Å². The lowest BCUT2D eigenvalue weighted by Gasteiger charge is -2.34. The van der Waals surface area contributed by atoms with Crippen LogP contribution < -0.4 is 0 Å². The number of benzene rings is 1. The van der Waals surface area contributed by atoms with Crippen LogP contribution >= 0.6 is 0 Å². The molecule has 122 valence electrons. The maximum Gasteiger partial charge on any atom is 0.243 e. The van der Waals surface area contributed by atoms with Gasteiger partial charge in [-0.05, 0) is 61.6 Å². The summed E-state index contributed by atoms with van der Waals surface area (Å²) in [6.07, 6.45) is 6.28. The molecule has 0 N–H and O–H groups in total. The number of aryl methyl sites for hydroxylation is 2. The van der Waals surface area contributed by atoms with Crippen molar-refractivity contribution in [3.63, 3.8) is 0 Å². The first kappa shape index (κ1) is 16.1. The summed E-state index contributed by atoms with van der Waals surface area (Å²) in [5, 5.41) is 0. The summed E-state index contributed by atoms with van der Waals surface area (Å²) in [7, 11) is -3.49. The zero-order valence-electron chi connectivity index (χ0n) is 13.6. The number of rotatable bonds is 3. The third-order valence-corrected chi connectivity index (χ3v) is 6.51. The van der Waals surface area contributed by atoms with E-state index < -0.39 is 10.0 Å². The second kappa shape index (κ2) is 6.42. The Kier molecular flexibility index (Phi) is 4.50. The largest absolute Gasteiger partial charge is 0.264 e. The van der Waals surface area contributed by atoms with Crippen molar-refractivity contribution < 1.29 is 8.42 Å². The molecule has 1 aromatic carbocycles. The Morgan fingerprint density at radius 1 is 1.13 bits per heavy atom. The summed E-state index contributed by atoms with van der Waals surface area (Å²) in [6.45, 7) is 4.50. The maximum atomic E-state index is 13.1. The molecular weight excluding hydrogens is 308 g/mol. The standard InChI is InChI=1S/C18H22N2O2S/c1-14-8-9-17(12-15(14)2)23(21,22)20-11-4-3-7-18(20)16-6-5-10-19-13-16/h5-6,8-10,12-13,18H,3-4,7,11H2,1-2H3. The van der Waals surface area contributed by atoms with Crippen LogP contribution in [0.4, 0.5) is 0 Å². The lowest BCUT2D eigenvalue weighted by molar-refractivity contribution is 0.255. The molecule has 0 amide bonds. The van der Waals surface area contributed by atoms with Gasteiger partial charge >= 0.3 is 0 Å². The van der Waals surface area contributed by atoms with Gasteiger partial charge in [0.1, 0.15) is 0 Å². The van der Waals surface area contributed by atoms with Crippen LogP contribution in [0.15, 0.2) is 47.6 Å². The molecule has 0 bridgehead atoms. The monoisotopic (exact) mass is 330 g/mol. The molecule has 4 nitrogen and oxygen atoms in total. The van der Waals surface area contributed by atoms with Crippen molar-refractivity contribution >= 4 is 10.0 Å². The van der Waals surface area contributed by atoms with Crippen molar-refractivity contribution in [1.82, 2.24) is 9.29 Å². The van der Waals surface area contributed by atoms with Gasteiger partial charge in [0, 0.05) is 18.9 Å². The van der Waals surface area contributed by atoms with Crippen LogP contribution in [-0.2, 0) is 10.0 Å². The van der Waals surface area contributed by atoms with E-state index in [0.29, 0.717) is 11.4 Å². The molecule has 3 rings (SSSR count). The van der Waals surface area contributed by atoms with Crippen LogP contribution in [-0.4, -0.2) is 24.3 Å². The third-order valence-electron chi connectivity index (χ3n) is 4.61. The lowest BCUT2D eigenvalue weighted by Crippen LogP contribution is -2.38. The fraction of sp³-hybridized carbons (Fsp3) is 0.389. The van der Waals surface area contributed by atoms with Gasteiger partial charge in [-0.2, -0.15) is 4.31 Å². The third kappa shape index (κ3) is 3.16. The molecule has 5 heteroatoms. The average Bonchev–Trinajstić information content (AvgIpc) is 2.58. The summed E-state index contributed by atoms with van der Waals surface area (Å²) < 4.78 is 27.9. The Balaban J connectivity index is 2.00. The first-order valence-corrected chi connectivity index (χ1v) is 9.43. The van der Waals surface area contributed by atoms with Crippen LogP contribution in [0.5, 0.6) is 0 Å². The Labute approximate surface area is 138 Å². The quantitative estimate of drug-likeness (QED) is 0.864. The van der Waals surface area contributed by atoms with E-state index in [1.54, 1.807) is 28.8 Å². The van der Waals surface area contributed by atoms with Crippen LogP contribution in [0, 0.1) is 13.8 Å². The molecule has 1 aliphatic rings. The summed E-state index contributed by atoms with van der Waals surface area (Å²) in [6, 6.07) is 9.08. The number of pyridine rings is 1. The van der Waals surface area contributed by atoms with Crippen molar-refractivity contribution in [2.24, 2.45) is 0 Å². The minimum atomic E-state index is -3.49. The summed E-state index contributed by atoms with van der Waals surface area (Å²) in [5.74, 6) is 0. The topological polar surface area (TPSA) is 50.3 Å². The minimum Gasteiger partial charge on any atom is -0.264 e. The number of piperidine rings is 1. The van der Waals surface area contributed by atoms with Gasteiger partial charge in [0.05, 0.1) is 10.9 Å². The molecule has 1 unspecified atom stereocenters. The maximum absolute atomic E-state index is 13.1. The van der Waals surface area contributed by atoms with E-state index in [-0.39, 0.29) is 6.04 Å². The number of nitrogens with zero attached hydrogens (tertiary/aromatic N) is 2. The molecule has 1 fully saturated rings. The van der Waals surface area contributed by atoms with E-state index in [2.05, 4.69) is 4.98 Å². The van der Waals surface area contributed by atoms with E-state index in [0.717, 1.165) is 36.0 Å². The average molecular weight is 330 g/mol. The van der Waals surface area contributed by atoms with E-state index >= 15 is 0 Å². The highest BCUT2D eigenvalue weighted by Gasteiger charge is 2.34. The predicted octanol–water partition coefficient (Wildman–Crippen LogP) is 3.61. The predicted molar refractivity (Wildman–Crippen MR) is 90.6 cm³/mol. The summed E-state index contributed by atoms with van der Waals surface area (Å²) in [5.41, 5.74) is 3.08. The molecule has 0 radical (unpaired) electrons. The fourth-order valence-corrected chi connectivity index (χ4v) is 4.88. The lowest BCUT2D eigenvalue weighted by atomic mass is 9.99. The molecule has 1 atom stereocenters. The van der Waals surface area contributed by atoms with E-state index in [1.165, 1.54) is 0 Å². The zero-order chi connectivity index (χ0) is 16.4. The molecule has 0 saturated carbocycles. The molecule has 23 heavy (non-hydrogen) atoms. The van der Waals surface area contributed by atoms with Crippen LogP contribution in [0.1, 0.15) is 42.0 Å². The molecular formula is C18H22N2O2S. The van der Waals surface area contributed by atoms with E-state index in [4.69, 9.17) is 0 Å². The normalized spacial score (nSPS) is 19.7. The second-order valence-electron chi connectivity index (χ2n) is 6.16. The number of hydrogen-bond donors (Lipinski definition) is 0. The molecule has 1 aromatic heterocycles. The van der Waals surface area contributed by atoms with Crippen molar-refractivity contribution in [1.29, 1.82) is 0 Å². The van der Waals surface area contributed by atoms with Crippen molar-refractivity contribution in [3.05, 3.63) is 59.4 Å². The number of sulfonamides is 1. The van der Waals surface area contributed by atoms with Crippen LogP contribution in [0.25, 0.3) is 0 Å². The Morgan fingerprint density at radius 2 is 1.96 bits per heavy atom. The molecule has 0 aliphatic carbocycles. The van der Waals surface area contributed by atoms with Crippen molar-refractivity contribution in [2.75, 3.05) is 6.54 Å². The van der Waals surface area contributed by atoms with E-state index in [9.17, 15) is 8.42 Å². The van der Waals surface area contributed by atoms with Gasteiger partial charge < -0.3 is 0 Å². The van der Waals surface area contributed by atoms with Gasteiger partial charge in [-0.15, -0.1) is 0 Å². The van der Waals surface area contributed by atoms with Crippen molar-refractivity contribution in [2.45, 2.75) is 44.0 Å². The Bertz CT molecular complexity index is 788. The number of hydrogen-bond acceptors (Lipinski definition) is 3. The molecule has 1 aliphatic heterocycles. The second-order valence-corrected chi connectivity index (χ2v) is 8.05. The van der Waals surface area contributed by atoms with Crippen molar-refractivity contribution in [3.8, 4) is 0 Å². The van der Waals surface area contributed by atoms with Crippen LogP contribution in [0.3, 0.4) is 0 Å². The van der Waals surface area contributed by atoms with Gasteiger partial charge in [0.25, 0.3) is 0 Å². The van der Waals surface area contributed by atoms with Gasteiger partial charge in [0.15, 0.2) is 0 Å². The first-order chi connectivity index (χ1) is 11.0. The minimum absolute atomic E-state index is 0.121. The molecule has 1 saturated heterocycles. The summed E-state index contributed by atoms with van der Waals surface area (Å²) >= 11 is 0. The van der Waals surface area contributed by atoms with Crippen LogP contribution in [0.2, 0.25) is 0 Å². The zero-order valence-corrected chi connectivity index (χ0v) is 14.4. The molecule has 0 spiro atoms. The fourth-order valence-electron chi connectivity index (χ4n) is 3.11. The van der Waals surface area contributed by atoms with E-state index in [1.807, 2.05) is 32.0 Å². The van der Waals surface area contributed by atoms with Gasteiger partial charge in [-0.1, -0.05) is 18.6 Å². The highest BCUT2D eigenvalue weighted by molar-refractivity contribution is 7.89. The Hall–Kier alpha value is -1.72. The van der Waals surface area contributed by atoms with Gasteiger partial charge in [0.2, 0.25) is 10.0 Å². The summed E-state index contributed by atoms with van der Waals surface area (Å²) in [4.78, 5) is 4.54. The smallest absolute Gasteiger partial charge is 0.243 e. The highest BCUT2D eigenvalue weighted by atomic mass is 32.2. The van der Waals surface area contributed by atoms with Gasteiger partial charge in [-0.3, -0.25) is 4.98 Å². The molecule has 2 heterocycles.